The van der Waals surface area contributed by atoms with Gasteiger partial charge in [-0.3, -0.25) is 0 Å². The Bertz CT molecular complexity index is 401. The Morgan fingerprint density at radius 3 is 2.33 bits per heavy atom. The molecule has 0 aliphatic heterocycles. The van der Waals surface area contributed by atoms with Crippen molar-refractivity contribution in [2.75, 3.05) is 13.7 Å². The minimum Gasteiger partial charge on any atom is -0.509 e. The van der Waals surface area contributed by atoms with Gasteiger partial charge in [-0.25, -0.2) is 9.59 Å². The molecule has 0 bridgehead atoms. The number of amides is 1. The number of ether oxygens (including phenoxy) is 2. The fourth-order valence-electron chi connectivity index (χ4n) is 0.889. The van der Waals surface area contributed by atoms with Gasteiger partial charge in [-0.2, -0.15) is 5.26 Å². The normalized spacial score (nSPS) is 11.9. The highest BCUT2D eigenvalue weighted by atomic mass is 16.6. The molecule has 0 aromatic carbocycles. The number of hydrogen-bond donors (Lipinski definition) is 2. The van der Waals surface area contributed by atoms with Gasteiger partial charge in [0, 0.05) is 0 Å². The average molecular weight is 256 g/mol. The van der Waals surface area contributed by atoms with Gasteiger partial charge in [-0.1, -0.05) is 0 Å². The number of alkyl carbamates (subject to hydrolysis) is 1. The van der Waals surface area contributed by atoms with Gasteiger partial charge in [-0.05, 0) is 20.8 Å². The van der Waals surface area contributed by atoms with Crippen LogP contribution in [0.3, 0.4) is 0 Å². The second-order valence-electron chi connectivity index (χ2n) is 4.28. The molecule has 7 nitrogen and oxygen atoms in total. The Hall–Kier alpha value is -2.23. The number of hydrogen-bond acceptors (Lipinski definition) is 6. The van der Waals surface area contributed by atoms with E-state index >= 15 is 0 Å². The third-order valence-corrected chi connectivity index (χ3v) is 1.59. The van der Waals surface area contributed by atoms with Crippen LogP contribution >= 0.6 is 0 Å². The molecule has 0 saturated heterocycles. The van der Waals surface area contributed by atoms with E-state index < -0.39 is 35.5 Å². The van der Waals surface area contributed by atoms with E-state index in [-0.39, 0.29) is 0 Å². The molecule has 0 atom stereocenters. The van der Waals surface area contributed by atoms with Crippen molar-refractivity contribution in [3.05, 3.63) is 11.3 Å². The Kier molecular flexibility index (Phi) is 5.69. The van der Waals surface area contributed by atoms with Crippen LogP contribution in [0.4, 0.5) is 4.79 Å². The van der Waals surface area contributed by atoms with Crippen LogP contribution in [0.25, 0.3) is 0 Å². The van der Waals surface area contributed by atoms with E-state index in [1.807, 2.05) is 0 Å². The highest BCUT2D eigenvalue weighted by molar-refractivity contribution is 5.93. The van der Waals surface area contributed by atoms with Crippen LogP contribution < -0.4 is 5.32 Å². The molecule has 0 radical (unpaired) electrons. The molecular weight excluding hydrogens is 240 g/mol. The molecule has 0 aromatic rings. The predicted octanol–water partition coefficient (Wildman–Crippen LogP) is 1.02. The first-order valence-corrected chi connectivity index (χ1v) is 5.08. The van der Waals surface area contributed by atoms with Crippen molar-refractivity contribution in [1.82, 2.24) is 5.32 Å². The summed E-state index contributed by atoms with van der Waals surface area (Å²) in [5.41, 5.74) is -1.24. The molecule has 0 fully saturated rings. The average Bonchev–Trinajstić information content (AvgIpc) is 2.24. The Balaban J connectivity index is 4.54. The van der Waals surface area contributed by atoms with Crippen molar-refractivity contribution in [2.45, 2.75) is 26.4 Å². The van der Waals surface area contributed by atoms with Crippen LogP contribution in [-0.4, -0.2) is 36.4 Å². The summed E-state index contributed by atoms with van der Waals surface area (Å²) in [5.74, 6) is -1.56. The van der Waals surface area contributed by atoms with Gasteiger partial charge in [-0.15, -0.1) is 0 Å². The standard InChI is InChI=1S/C11H16N2O5/c1-11(2,3)18-10(16)13-6-8(14)7(5-12)9(15)17-4/h14H,6H2,1-4H3,(H,13,16)/b8-7-. The van der Waals surface area contributed by atoms with Crippen LogP contribution in [0.2, 0.25) is 0 Å². The van der Waals surface area contributed by atoms with Crippen LogP contribution in [0.5, 0.6) is 0 Å². The lowest BCUT2D eigenvalue weighted by Crippen LogP contribution is -2.34. The van der Waals surface area contributed by atoms with Crippen LogP contribution in [0.1, 0.15) is 20.8 Å². The van der Waals surface area contributed by atoms with Gasteiger partial charge in [0.2, 0.25) is 0 Å². The van der Waals surface area contributed by atoms with Crippen molar-refractivity contribution in [1.29, 1.82) is 5.26 Å². The van der Waals surface area contributed by atoms with Crippen molar-refractivity contribution in [3.8, 4) is 6.07 Å². The molecule has 0 spiro atoms. The number of aliphatic hydroxyl groups is 1. The van der Waals surface area contributed by atoms with Gasteiger partial charge in [0.25, 0.3) is 0 Å². The first-order chi connectivity index (χ1) is 8.21. The summed E-state index contributed by atoms with van der Waals surface area (Å²) >= 11 is 0. The summed E-state index contributed by atoms with van der Waals surface area (Å²) in [7, 11) is 1.08. The SMILES string of the molecule is COC(=O)/C(C#N)=C(\O)CNC(=O)OC(C)(C)C. The van der Waals surface area contributed by atoms with Crippen molar-refractivity contribution in [3.63, 3.8) is 0 Å². The summed E-state index contributed by atoms with van der Waals surface area (Å²) in [4.78, 5) is 22.3. The fourth-order valence-corrected chi connectivity index (χ4v) is 0.889. The Morgan fingerprint density at radius 1 is 1.39 bits per heavy atom. The van der Waals surface area contributed by atoms with Gasteiger partial charge in [0.15, 0.2) is 5.57 Å². The zero-order chi connectivity index (χ0) is 14.3. The maximum Gasteiger partial charge on any atom is 0.408 e. The molecule has 0 aromatic heterocycles. The molecule has 1 amide bonds. The summed E-state index contributed by atoms with van der Waals surface area (Å²) in [6.07, 6.45) is -0.767. The molecular formula is C11H16N2O5. The number of aliphatic hydroxyl groups excluding tert-OH is 1. The van der Waals surface area contributed by atoms with Crippen LogP contribution in [0.15, 0.2) is 11.3 Å². The smallest absolute Gasteiger partial charge is 0.408 e. The largest absolute Gasteiger partial charge is 0.509 e. The van der Waals surface area contributed by atoms with Gasteiger partial charge in [0.1, 0.15) is 17.4 Å². The lowest BCUT2D eigenvalue weighted by Gasteiger charge is -2.19. The first-order valence-electron chi connectivity index (χ1n) is 5.08. The highest BCUT2D eigenvalue weighted by Crippen LogP contribution is 2.07. The number of nitriles is 1. The topological polar surface area (TPSA) is 109 Å². The number of nitrogens with one attached hydrogen (secondary N) is 1. The quantitative estimate of drug-likeness (QED) is 0.338. The molecule has 0 saturated carbocycles. The van der Waals surface area contributed by atoms with E-state index in [1.54, 1.807) is 20.8 Å². The maximum atomic E-state index is 11.2. The van der Waals surface area contributed by atoms with Crippen molar-refractivity contribution in [2.24, 2.45) is 0 Å². The number of esters is 1. The summed E-state index contributed by atoms with van der Waals surface area (Å²) < 4.78 is 9.19. The van der Waals surface area contributed by atoms with E-state index in [1.165, 1.54) is 6.07 Å². The third-order valence-electron chi connectivity index (χ3n) is 1.59. The molecule has 7 heteroatoms. The molecule has 0 heterocycles. The monoisotopic (exact) mass is 256 g/mol. The number of rotatable bonds is 3. The lowest BCUT2D eigenvalue weighted by molar-refractivity contribution is -0.135. The molecule has 100 valence electrons. The van der Waals surface area contributed by atoms with Crippen molar-refractivity contribution >= 4 is 12.1 Å². The number of carbonyl (C=O) groups is 2. The maximum absolute atomic E-state index is 11.2. The predicted molar refractivity (Wildman–Crippen MR) is 61.5 cm³/mol. The minimum atomic E-state index is -0.971. The number of methoxy groups -OCH3 is 1. The molecule has 0 aliphatic carbocycles. The van der Waals surface area contributed by atoms with E-state index in [9.17, 15) is 14.7 Å². The fraction of sp³-hybridized carbons (Fsp3) is 0.545. The number of carbonyl (C=O) groups excluding carboxylic acids is 2. The third kappa shape index (κ3) is 5.75. The second kappa shape index (κ2) is 6.49. The van der Waals surface area contributed by atoms with E-state index in [2.05, 4.69) is 10.1 Å². The first kappa shape index (κ1) is 15.8. The zero-order valence-corrected chi connectivity index (χ0v) is 10.7. The van der Waals surface area contributed by atoms with Gasteiger partial charge < -0.3 is 19.9 Å². The second-order valence-corrected chi connectivity index (χ2v) is 4.28. The molecule has 0 aliphatic rings. The summed E-state index contributed by atoms with van der Waals surface area (Å²) in [6, 6.07) is 1.49. The minimum absolute atomic E-state index is 0.396. The lowest BCUT2D eigenvalue weighted by atomic mass is 10.2. The molecule has 2 N–H and O–H groups in total. The number of nitrogens with zero attached hydrogens (tertiary/aromatic N) is 1. The highest BCUT2D eigenvalue weighted by Gasteiger charge is 2.18. The summed E-state index contributed by atoms with van der Waals surface area (Å²) in [5, 5.41) is 20.3. The zero-order valence-electron chi connectivity index (χ0n) is 10.7. The Labute approximate surface area is 105 Å². The Morgan fingerprint density at radius 2 is 1.94 bits per heavy atom. The van der Waals surface area contributed by atoms with E-state index in [4.69, 9.17) is 10.00 Å². The molecule has 18 heavy (non-hydrogen) atoms. The van der Waals surface area contributed by atoms with E-state index in [0.29, 0.717) is 0 Å². The van der Waals surface area contributed by atoms with E-state index in [0.717, 1.165) is 7.11 Å². The van der Waals surface area contributed by atoms with Gasteiger partial charge in [0.05, 0.1) is 13.7 Å². The van der Waals surface area contributed by atoms with Crippen molar-refractivity contribution < 1.29 is 24.2 Å². The molecule has 0 unspecified atom stereocenters. The molecule has 0 rings (SSSR count). The van der Waals surface area contributed by atoms with Crippen LogP contribution in [-0.2, 0) is 14.3 Å². The van der Waals surface area contributed by atoms with Crippen LogP contribution in [0, 0.1) is 11.3 Å². The van der Waals surface area contributed by atoms with Gasteiger partial charge >= 0.3 is 12.1 Å². The summed E-state index contributed by atoms with van der Waals surface area (Å²) in [6.45, 7) is 4.64.